The Hall–Kier alpha value is -3.30. The molecule has 0 rings (SSSR count). The summed E-state index contributed by atoms with van der Waals surface area (Å²) in [5.74, 6) is -177. The molecule has 0 spiro atoms. The van der Waals surface area contributed by atoms with Crippen LogP contribution in [0.15, 0.2) is 0 Å². The molecule has 0 heterocycles. The lowest BCUT2D eigenvalue weighted by Crippen LogP contribution is -2.71. The van der Waals surface area contributed by atoms with Crippen molar-refractivity contribution in [3.05, 3.63) is 0 Å². The van der Waals surface area contributed by atoms with E-state index in [2.05, 4.69) is 17.7 Å². The van der Waals surface area contributed by atoms with Crippen molar-refractivity contribution in [1.82, 2.24) is 0 Å². The minimum atomic E-state index is -10.2. The highest BCUT2D eigenvalue weighted by molar-refractivity contribution is 6.53. The topological polar surface area (TPSA) is 36.9 Å². The maximum atomic E-state index is 14.7. The van der Waals surface area contributed by atoms with Gasteiger partial charge in [-0.1, -0.05) is 0 Å². The molecule has 0 aliphatic rings. The van der Waals surface area contributed by atoms with Gasteiger partial charge in [0, 0.05) is 0 Å². The van der Waals surface area contributed by atoms with E-state index in [1.807, 2.05) is 0 Å². The van der Waals surface area contributed by atoms with Gasteiger partial charge < -0.3 is 17.7 Å². The fourth-order valence-electron chi connectivity index (χ4n) is 4.42. The van der Waals surface area contributed by atoms with Crippen molar-refractivity contribution in [1.29, 1.82) is 0 Å². The molecule has 53 heteroatoms. The first-order chi connectivity index (χ1) is 34.6. The van der Waals surface area contributed by atoms with Crippen LogP contribution in [0.4, 0.5) is 211 Å². The van der Waals surface area contributed by atoms with E-state index in [4.69, 9.17) is 0 Å². The summed E-state index contributed by atoms with van der Waals surface area (Å²) in [6.07, 6.45) is -26.3. The van der Waals surface area contributed by atoms with Gasteiger partial charge in [-0.25, -0.2) is 35.1 Å². The Morgan fingerprint density at radius 1 is 0.185 bits per heavy atom. The summed E-state index contributed by atoms with van der Waals surface area (Å²) < 4.78 is 671. The second-order valence-electron chi connectivity index (χ2n) is 15.1. The van der Waals surface area contributed by atoms with Crippen LogP contribution >= 0.6 is 0 Å². The summed E-state index contributed by atoms with van der Waals surface area (Å²) in [4.78, 5) is 0. The third-order valence-corrected chi connectivity index (χ3v) is 11.5. The second kappa shape index (κ2) is 21.6. The van der Waals surface area contributed by atoms with Crippen molar-refractivity contribution in [2.75, 3.05) is 26.4 Å². The normalized spacial score (nSPS) is 16.7. The van der Waals surface area contributed by atoms with Crippen LogP contribution in [0.3, 0.4) is 0 Å². The van der Waals surface area contributed by atoms with Crippen LogP contribution in [0.1, 0.15) is 0 Å². The Morgan fingerprint density at radius 2 is 0.296 bits per heavy atom. The van der Waals surface area contributed by atoms with E-state index in [9.17, 15) is 211 Å². The zero-order chi connectivity index (χ0) is 66.5. The molecule has 0 N–H and O–H groups in total. The van der Waals surface area contributed by atoms with Gasteiger partial charge in [0.1, 0.15) is 26.4 Å². The molecule has 0 fully saturated rings. The van der Waals surface area contributed by atoms with E-state index in [1.165, 1.54) is 0 Å². The molecule has 0 aromatic carbocycles. The minimum Gasteiger partial charge on any atom is -0.345 e. The summed E-state index contributed by atoms with van der Waals surface area (Å²) >= 11 is 0. The Kier molecular flexibility index (Phi) is 20.7. The molecule has 0 saturated carbocycles. The number of rotatable bonds is 32. The van der Waals surface area contributed by atoms with Crippen molar-refractivity contribution >= 4 is 9.05 Å². The molecule has 0 radical (unpaired) electrons. The number of hydrogen-bond donors (Lipinski definition) is 0. The number of alkyl halides is 48. The summed E-state index contributed by atoms with van der Waals surface area (Å²) in [7, 11) is -10.2. The largest absolute Gasteiger partial charge is 0.680 e. The first-order valence-electron chi connectivity index (χ1n) is 17.8. The maximum absolute atomic E-state index is 14.7. The van der Waals surface area contributed by atoms with E-state index in [1.54, 1.807) is 0 Å². The zero-order valence-electron chi connectivity index (χ0n) is 35.4. The first kappa shape index (κ1) is 77.7. The molecule has 0 saturated heterocycles. The smallest absolute Gasteiger partial charge is 0.345 e. The highest BCUT2D eigenvalue weighted by atomic mass is 28.4. The number of halogens is 48. The summed E-state index contributed by atoms with van der Waals surface area (Å²) in [5.41, 5.74) is 0. The van der Waals surface area contributed by atoms with Crippen LogP contribution in [-0.2, 0) is 17.7 Å². The molecule has 0 aromatic heterocycles. The highest BCUT2D eigenvalue weighted by Crippen LogP contribution is 2.63. The van der Waals surface area contributed by atoms with Gasteiger partial charge in [-0.2, -0.15) is 176 Å². The van der Waals surface area contributed by atoms with Crippen LogP contribution in [-0.4, -0.2) is 180 Å². The molecular formula is C28H12F48O4Si. The van der Waals surface area contributed by atoms with E-state index in [0.29, 0.717) is 0 Å². The fourth-order valence-corrected chi connectivity index (χ4v) is 6.35. The van der Waals surface area contributed by atoms with E-state index < -0.39 is 180 Å². The molecule has 4 nitrogen and oxygen atoms in total. The Balaban J connectivity index is 9.16. The Bertz CT molecular complexity index is 1820. The lowest BCUT2D eigenvalue weighted by molar-refractivity contribution is -0.419. The maximum Gasteiger partial charge on any atom is 0.680 e. The van der Waals surface area contributed by atoms with Crippen LogP contribution in [0.2, 0.25) is 0 Å². The van der Waals surface area contributed by atoms with Gasteiger partial charge in [0.15, 0.2) is 0 Å². The third kappa shape index (κ3) is 11.5. The average Bonchev–Trinajstić information content (AvgIpc) is 3.27. The van der Waals surface area contributed by atoms with Crippen LogP contribution < -0.4 is 0 Å². The molecular weight excluding hydrogens is 1340 g/mol. The van der Waals surface area contributed by atoms with Gasteiger partial charge in [0.25, 0.3) is 0 Å². The highest BCUT2D eigenvalue weighted by Gasteiger charge is 2.92. The molecule has 0 aliphatic heterocycles. The molecule has 0 bridgehead atoms. The molecule has 0 amide bonds. The Labute approximate surface area is 409 Å². The van der Waals surface area contributed by atoms with Gasteiger partial charge in [-0.15, -0.1) is 0 Å². The fraction of sp³-hybridized carbons (Fsp3) is 1.00. The van der Waals surface area contributed by atoms with Crippen molar-refractivity contribution in [3.63, 3.8) is 0 Å². The van der Waals surface area contributed by atoms with Gasteiger partial charge in [0.2, 0.25) is 0 Å². The van der Waals surface area contributed by atoms with E-state index in [0.717, 1.165) is 0 Å². The summed E-state index contributed by atoms with van der Waals surface area (Å²) in [6.45, 7) is -22.3. The van der Waals surface area contributed by atoms with E-state index in [-0.39, 0.29) is 0 Å². The molecule has 0 atom stereocenters. The first-order valence-corrected chi connectivity index (χ1v) is 19.5. The van der Waals surface area contributed by atoms with Crippen LogP contribution in [0.25, 0.3) is 0 Å². The standard InChI is InChI=1S/C28H12F48O4Si/c29-5(30)13(45,46)21(61,62)25(69,70)17(53,54)9(37,38)1-77-81(78-2-10(39,40)18(55,56)26(71,72)22(63,64)14(47,48)6(31)32,79-3-11(41,42)19(57,58)27(73,74)23(65,66)15(49,50)7(33)34)80-4-12(43,44)20(59,60)28(75,76)24(67,68)16(51,52)8(35)36/h5-8H,1-4H2. The summed E-state index contributed by atoms with van der Waals surface area (Å²) in [6, 6.07) is 0. The van der Waals surface area contributed by atoms with Gasteiger partial charge in [0.05, 0.1) is 0 Å². The minimum absolute atomic E-state index is 2.39. The molecule has 0 unspecified atom stereocenters. The third-order valence-electron chi connectivity index (χ3n) is 9.48. The Morgan fingerprint density at radius 3 is 0.395 bits per heavy atom. The second-order valence-corrected chi connectivity index (χ2v) is 17.2. The van der Waals surface area contributed by atoms with Crippen molar-refractivity contribution in [3.8, 4) is 0 Å². The summed E-state index contributed by atoms with van der Waals surface area (Å²) in [5, 5.41) is 0. The number of hydrogen-bond acceptors (Lipinski definition) is 4. The molecule has 0 aromatic rings. The van der Waals surface area contributed by atoms with Crippen molar-refractivity contribution < 1.29 is 228 Å². The van der Waals surface area contributed by atoms with Gasteiger partial charge in [-0.3, -0.25) is 0 Å². The van der Waals surface area contributed by atoms with Crippen LogP contribution in [0, 0.1) is 0 Å². The SMILES string of the molecule is FC(F)C(F)(F)C(F)(F)C(F)(F)C(F)(F)C(F)(F)CO[Si](OCC(F)(F)C(F)(F)C(F)(F)C(F)(F)C(F)(F)C(F)F)(OCC(F)(F)C(F)(F)C(F)(F)C(F)(F)C(F)(F)C(F)F)OCC(F)(F)C(F)(F)C(F)(F)C(F)(F)C(F)(F)C(F)F. The zero-order valence-corrected chi connectivity index (χ0v) is 36.4. The van der Waals surface area contributed by atoms with Crippen molar-refractivity contribution in [2.45, 2.75) is 144 Å². The predicted octanol–water partition coefficient (Wildman–Crippen LogP) is 15.3. The monoisotopic (exact) mass is 1350 g/mol. The van der Waals surface area contributed by atoms with Gasteiger partial charge >= 0.3 is 153 Å². The van der Waals surface area contributed by atoms with E-state index >= 15 is 0 Å². The van der Waals surface area contributed by atoms with Crippen molar-refractivity contribution in [2.24, 2.45) is 0 Å². The average molecular weight is 1350 g/mol. The van der Waals surface area contributed by atoms with Crippen LogP contribution in [0.5, 0.6) is 0 Å². The molecule has 488 valence electrons. The predicted molar refractivity (Wildman–Crippen MR) is 153 cm³/mol. The quantitative estimate of drug-likeness (QED) is 0.0497. The lowest BCUT2D eigenvalue weighted by atomic mass is 9.95. The van der Waals surface area contributed by atoms with Gasteiger partial charge in [-0.05, 0) is 0 Å². The lowest BCUT2D eigenvalue weighted by Gasteiger charge is -2.42. The molecule has 0 aliphatic carbocycles. The molecule has 81 heavy (non-hydrogen) atoms.